The van der Waals surface area contributed by atoms with Gasteiger partial charge in [0.15, 0.2) is 5.76 Å². The van der Waals surface area contributed by atoms with Crippen LogP contribution in [0.25, 0.3) is 6.08 Å². The van der Waals surface area contributed by atoms with Crippen LogP contribution in [-0.2, 0) is 0 Å². The van der Waals surface area contributed by atoms with Gasteiger partial charge in [-0.15, -0.1) is 0 Å². The lowest BCUT2D eigenvalue weighted by Crippen LogP contribution is -2.08. The quantitative estimate of drug-likeness (QED) is 0.288. The van der Waals surface area contributed by atoms with Crippen molar-refractivity contribution >= 4 is 41.0 Å². The normalized spacial score (nSPS) is 13.9. The second-order valence-electron chi connectivity index (χ2n) is 6.50. The molecule has 0 amide bonds. The van der Waals surface area contributed by atoms with Crippen molar-refractivity contribution in [1.82, 2.24) is 0 Å². The summed E-state index contributed by atoms with van der Waals surface area (Å²) in [6.07, 6.45) is 1.65. The van der Waals surface area contributed by atoms with E-state index in [2.05, 4.69) is 0 Å². The number of fused-ring (bicyclic) bond motifs is 1. The van der Waals surface area contributed by atoms with Crippen molar-refractivity contribution in [3.8, 4) is 11.5 Å². The number of esters is 1. The summed E-state index contributed by atoms with van der Waals surface area (Å²) in [4.78, 5) is 25.1. The number of Topliss-reactive ketones (excluding diaryl/α,β-unsaturated/α-hetero) is 1. The van der Waals surface area contributed by atoms with Gasteiger partial charge in [-0.05, 0) is 60.5 Å². The highest BCUT2D eigenvalue weighted by Gasteiger charge is 2.30. The molecule has 0 radical (unpaired) electrons. The maximum absolute atomic E-state index is 12.7. The molecule has 0 atom stereocenters. The summed E-state index contributed by atoms with van der Waals surface area (Å²) in [5.41, 5.74) is 2.22. The van der Waals surface area contributed by atoms with Crippen molar-refractivity contribution < 1.29 is 19.1 Å². The lowest BCUT2D eigenvalue weighted by atomic mass is 10.0. The number of ketones is 1. The first-order valence-corrected chi connectivity index (χ1v) is 9.48. The Bertz CT molecular complexity index is 1160. The molecule has 144 valence electrons. The van der Waals surface area contributed by atoms with E-state index >= 15 is 0 Å². The van der Waals surface area contributed by atoms with Gasteiger partial charge in [0.25, 0.3) is 0 Å². The topological polar surface area (TPSA) is 52.6 Å². The molecule has 0 aliphatic carbocycles. The number of carbonyl (C=O) groups excluding carboxylic acids is 2. The largest absolute Gasteiger partial charge is 0.452 e. The Kier molecular flexibility index (Phi) is 5.14. The fourth-order valence-electron chi connectivity index (χ4n) is 3.03. The second kappa shape index (κ2) is 7.74. The smallest absolute Gasteiger partial charge is 0.343 e. The predicted octanol–water partition coefficient (Wildman–Crippen LogP) is 6.14. The predicted molar refractivity (Wildman–Crippen MR) is 112 cm³/mol. The van der Waals surface area contributed by atoms with Gasteiger partial charge in [0.2, 0.25) is 5.78 Å². The summed E-state index contributed by atoms with van der Waals surface area (Å²) in [7, 11) is 0. The summed E-state index contributed by atoms with van der Waals surface area (Å²) >= 11 is 11.8. The average molecular weight is 425 g/mol. The van der Waals surface area contributed by atoms with Gasteiger partial charge in [0.1, 0.15) is 11.5 Å². The molecule has 1 aliphatic rings. The molecular formula is C23H14Cl2O4. The zero-order chi connectivity index (χ0) is 20.5. The Balaban J connectivity index is 1.60. The van der Waals surface area contributed by atoms with Crippen LogP contribution >= 0.6 is 23.2 Å². The molecule has 1 aliphatic heterocycles. The molecule has 0 bridgehead atoms. The molecule has 6 heteroatoms. The van der Waals surface area contributed by atoms with Crippen LogP contribution < -0.4 is 9.47 Å². The minimum Gasteiger partial charge on any atom is -0.452 e. The fourth-order valence-corrected chi connectivity index (χ4v) is 3.34. The van der Waals surface area contributed by atoms with Crippen molar-refractivity contribution in [1.29, 1.82) is 0 Å². The van der Waals surface area contributed by atoms with E-state index in [1.807, 2.05) is 0 Å². The Morgan fingerprint density at radius 3 is 2.48 bits per heavy atom. The molecule has 0 spiro atoms. The highest BCUT2D eigenvalue weighted by atomic mass is 35.5. The standard InChI is InChI=1S/C23H14Cl2O4/c1-13-9-18(28-23(27)15-3-2-4-17(25)11-15)12-19-21(13)22(26)20(29-19)10-14-5-7-16(24)8-6-14/h2-12H,1H3/b20-10-. The van der Waals surface area contributed by atoms with Gasteiger partial charge in [0.05, 0.1) is 11.1 Å². The molecule has 1 heterocycles. The number of allylic oxidation sites excluding steroid dienone is 1. The lowest BCUT2D eigenvalue weighted by Gasteiger charge is -2.08. The highest BCUT2D eigenvalue weighted by Crippen LogP contribution is 2.37. The summed E-state index contributed by atoms with van der Waals surface area (Å²) in [5, 5.41) is 1.05. The molecular weight excluding hydrogens is 411 g/mol. The van der Waals surface area contributed by atoms with E-state index in [0.29, 0.717) is 32.5 Å². The van der Waals surface area contributed by atoms with E-state index in [9.17, 15) is 9.59 Å². The van der Waals surface area contributed by atoms with Gasteiger partial charge in [0, 0.05) is 16.1 Å². The zero-order valence-corrected chi connectivity index (χ0v) is 16.8. The fraction of sp³-hybridized carbons (Fsp3) is 0.0435. The second-order valence-corrected chi connectivity index (χ2v) is 7.38. The zero-order valence-electron chi connectivity index (χ0n) is 15.2. The molecule has 0 N–H and O–H groups in total. The van der Waals surface area contributed by atoms with E-state index in [1.165, 1.54) is 12.1 Å². The number of rotatable bonds is 3. The van der Waals surface area contributed by atoms with Crippen LogP contribution in [0.5, 0.6) is 11.5 Å². The molecule has 4 rings (SSSR count). The first kappa shape index (κ1) is 19.2. The van der Waals surface area contributed by atoms with Gasteiger partial charge in [-0.1, -0.05) is 41.4 Å². The van der Waals surface area contributed by atoms with E-state index in [4.69, 9.17) is 32.7 Å². The van der Waals surface area contributed by atoms with Gasteiger partial charge in [-0.25, -0.2) is 4.79 Å². The van der Waals surface area contributed by atoms with Crippen molar-refractivity contribution in [2.24, 2.45) is 0 Å². The summed E-state index contributed by atoms with van der Waals surface area (Å²) < 4.78 is 11.2. The van der Waals surface area contributed by atoms with Crippen LogP contribution in [-0.4, -0.2) is 11.8 Å². The molecule has 3 aromatic rings. The molecule has 0 fully saturated rings. The van der Waals surface area contributed by atoms with Crippen LogP contribution in [0.1, 0.15) is 31.8 Å². The van der Waals surface area contributed by atoms with Gasteiger partial charge >= 0.3 is 5.97 Å². The number of ether oxygens (including phenoxy) is 2. The van der Waals surface area contributed by atoms with Crippen LogP contribution in [0.3, 0.4) is 0 Å². The number of hydrogen-bond donors (Lipinski definition) is 0. The Morgan fingerprint density at radius 2 is 1.76 bits per heavy atom. The van der Waals surface area contributed by atoms with Gasteiger partial charge in [-0.3, -0.25) is 4.79 Å². The lowest BCUT2D eigenvalue weighted by molar-refractivity contribution is 0.0734. The third-order valence-corrected chi connectivity index (χ3v) is 4.87. The number of carbonyl (C=O) groups is 2. The van der Waals surface area contributed by atoms with E-state index in [1.54, 1.807) is 61.5 Å². The Morgan fingerprint density at radius 1 is 1.00 bits per heavy atom. The Hall–Kier alpha value is -3.08. The van der Waals surface area contributed by atoms with E-state index < -0.39 is 5.97 Å². The SMILES string of the molecule is Cc1cc(OC(=O)c2cccc(Cl)c2)cc2c1C(=O)/C(=C/c1ccc(Cl)cc1)O2. The number of aryl methyl sites for hydroxylation is 1. The maximum Gasteiger partial charge on any atom is 0.343 e. The van der Waals surface area contributed by atoms with E-state index in [-0.39, 0.29) is 17.3 Å². The summed E-state index contributed by atoms with van der Waals surface area (Å²) in [6, 6.07) is 16.7. The van der Waals surface area contributed by atoms with E-state index in [0.717, 1.165) is 5.56 Å². The molecule has 3 aromatic carbocycles. The summed E-state index contributed by atoms with van der Waals surface area (Å²) in [5.74, 6) is 0.0629. The maximum atomic E-state index is 12.7. The van der Waals surface area contributed by atoms with Crippen LogP contribution in [0, 0.1) is 6.92 Å². The van der Waals surface area contributed by atoms with Crippen molar-refractivity contribution in [3.63, 3.8) is 0 Å². The highest BCUT2D eigenvalue weighted by molar-refractivity contribution is 6.31. The minimum atomic E-state index is -0.548. The van der Waals surface area contributed by atoms with Crippen molar-refractivity contribution in [3.05, 3.63) is 98.7 Å². The first-order chi connectivity index (χ1) is 13.9. The minimum absolute atomic E-state index is 0.198. The number of benzene rings is 3. The van der Waals surface area contributed by atoms with Gasteiger partial charge in [-0.2, -0.15) is 0 Å². The molecule has 0 saturated heterocycles. The number of hydrogen-bond acceptors (Lipinski definition) is 4. The van der Waals surface area contributed by atoms with Crippen molar-refractivity contribution in [2.45, 2.75) is 6.92 Å². The molecule has 0 unspecified atom stereocenters. The average Bonchev–Trinajstić information content (AvgIpc) is 2.99. The van der Waals surface area contributed by atoms with Gasteiger partial charge < -0.3 is 9.47 Å². The molecule has 4 nitrogen and oxygen atoms in total. The van der Waals surface area contributed by atoms with Crippen molar-refractivity contribution in [2.75, 3.05) is 0 Å². The number of halogens is 2. The van der Waals surface area contributed by atoms with Crippen LogP contribution in [0.4, 0.5) is 0 Å². The molecule has 0 aromatic heterocycles. The monoisotopic (exact) mass is 424 g/mol. The van der Waals surface area contributed by atoms with Crippen LogP contribution in [0.2, 0.25) is 10.0 Å². The molecule has 0 saturated carbocycles. The third-order valence-electron chi connectivity index (χ3n) is 4.38. The van der Waals surface area contributed by atoms with Crippen LogP contribution in [0.15, 0.2) is 66.4 Å². The third kappa shape index (κ3) is 4.04. The molecule has 29 heavy (non-hydrogen) atoms. The summed E-state index contributed by atoms with van der Waals surface area (Å²) in [6.45, 7) is 1.77. The first-order valence-electron chi connectivity index (χ1n) is 8.73. The Labute approximate surface area is 177 Å².